The summed E-state index contributed by atoms with van der Waals surface area (Å²) in [6.07, 6.45) is -3.25. The van der Waals surface area contributed by atoms with Crippen LogP contribution < -0.4 is 5.73 Å². The molecule has 1 aromatic rings. The standard InChI is InChI=1S/C7H8F2N4O3/c8-6(9)5-4(7(15)16)11-12-13(5)2-1-3(10)14/h6H,1-2H2,(H2,10,14)(H,15,16). The summed E-state index contributed by atoms with van der Waals surface area (Å²) in [6.45, 7) is -0.227. The lowest BCUT2D eigenvalue weighted by Crippen LogP contribution is -2.16. The van der Waals surface area contributed by atoms with E-state index < -0.39 is 29.7 Å². The molecule has 0 spiro atoms. The third-order valence-electron chi connectivity index (χ3n) is 1.75. The van der Waals surface area contributed by atoms with Crippen LogP contribution in [0, 0.1) is 0 Å². The molecule has 0 aliphatic heterocycles. The number of carboxylic acid groups (broad SMARTS) is 1. The maximum absolute atomic E-state index is 12.5. The van der Waals surface area contributed by atoms with Gasteiger partial charge in [-0.2, -0.15) is 0 Å². The Hall–Kier alpha value is -2.06. The minimum atomic E-state index is -3.03. The molecule has 0 saturated carbocycles. The van der Waals surface area contributed by atoms with E-state index in [1.54, 1.807) is 0 Å². The molecule has 1 rings (SSSR count). The summed E-state index contributed by atoms with van der Waals surface area (Å²) < 4.78 is 25.7. The van der Waals surface area contributed by atoms with Crippen molar-refractivity contribution in [3.63, 3.8) is 0 Å². The maximum Gasteiger partial charge on any atom is 0.358 e. The monoisotopic (exact) mass is 234 g/mol. The van der Waals surface area contributed by atoms with Gasteiger partial charge < -0.3 is 10.8 Å². The number of nitrogens with two attached hydrogens (primary N) is 1. The van der Waals surface area contributed by atoms with Crippen LogP contribution in [0.25, 0.3) is 0 Å². The van der Waals surface area contributed by atoms with Crippen LogP contribution in [0.1, 0.15) is 29.0 Å². The van der Waals surface area contributed by atoms with Crippen molar-refractivity contribution in [3.8, 4) is 0 Å². The smallest absolute Gasteiger partial charge is 0.358 e. The Kier molecular flexibility index (Phi) is 3.48. The van der Waals surface area contributed by atoms with Crippen molar-refractivity contribution < 1.29 is 23.5 Å². The largest absolute Gasteiger partial charge is 0.476 e. The Morgan fingerprint density at radius 2 is 2.12 bits per heavy atom. The predicted octanol–water partition coefficient (Wildman–Crippen LogP) is -0.211. The van der Waals surface area contributed by atoms with Crippen LogP contribution in [0.15, 0.2) is 0 Å². The van der Waals surface area contributed by atoms with Gasteiger partial charge in [0.2, 0.25) is 5.91 Å². The first-order valence-electron chi connectivity index (χ1n) is 4.16. The first kappa shape index (κ1) is 12.0. The Labute approximate surface area is 87.8 Å². The molecule has 16 heavy (non-hydrogen) atoms. The van der Waals surface area contributed by atoms with Crippen LogP contribution in [-0.2, 0) is 11.3 Å². The zero-order valence-electron chi connectivity index (χ0n) is 7.93. The summed E-state index contributed by atoms with van der Waals surface area (Å²) in [5.74, 6) is -2.30. The number of hydrogen-bond acceptors (Lipinski definition) is 4. The highest BCUT2D eigenvalue weighted by atomic mass is 19.3. The predicted molar refractivity (Wildman–Crippen MR) is 45.7 cm³/mol. The van der Waals surface area contributed by atoms with E-state index in [1.807, 2.05) is 0 Å². The van der Waals surface area contributed by atoms with Crippen molar-refractivity contribution in [2.24, 2.45) is 5.73 Å². The van der Waals surface area contributed by atoms with Gasteiger partial charge in [-0.15, -0.1) is 5.10 Å². The molecule has 0 aliphatic carbocycles. The molecule has 88 valence electrons. The summed E-state index contributed by atoms with van der Waals surface area (Å²) in [5.41, 5.74) is 3.18. The minimum absolute atomic E-state index is 0.220. The second-order valence-electron chi connectivity index (χ2n) is 2.87. The average Bonchev–Trinajstić information content (AvgIpc) is 2.57. The molecular formula is C7H8F2N4O3. The number of carboxylic acids is 1. The summed E-state index contributed by atoms with van der Waals surface area (Å²) in [6, 6.07) is 0. The van der Waals surface area contributed by atoms with Crippen LogP contribution in [0.3, 0.4) is 0 Å². The van der Waals surface area contributed by atoms with Crippen molar-refractivity contribution in [1.82, 2.24) is 15.0 Å². The lowest BCUT2D eigenvalue weighted by Gasteiger charge is -2.04. The zero-order chi connectivity index (χ0) is 12.3. The average molecular weight is 234 g/mol. The molecule has 9 heteroatoms. The van der Waals surface area contributed by atoms with E-state index in [4.69, 9.17) is 10.8 Å². The van der Waals surface area contributed by atoms with Gasteiger partial charge in [0.1, 0.15) is 5.69 Å². The molecule has 0 unspecified atom stereocenters. The van der Waals surface area contributed by atoms with E-state index in [1.165, 1.54) is 0 Å². The van der Waals surface area contributed by atoms with E-state index in [0.29, 0.717) is 4.68 Å². The van der Waals surface area contributed by atoms with Gasteiger partial charge in [-0.25, -0.2) is 18.3 Å². The lowest BCUT2D eigenvalue weighted by molar-refractivity contribution is -0.118. The van der Waals surface area contributed by atoms with Crippen molar-refractivity contribution in [1.29, 1.82) is 0 Å². The first-order chi connectivity index (χ1) is 7.43. The quantitative estimate of drug-likeness (QED) is 0.732. The fraction of sp³-hybridized carbons (Fsp3) is 0.429. The first-order valence-corrected chi connectivity index (χ1v) is 4.16. The molecule has 0 aliphatic rings. The van der Waals surface area contributed by atoms with Gasteiger partial charge in [0, 0.05) is 6.42 Å². The zero-order valence-corrected chi connectivity index (χ0v) is 7.93. The molecular weight excluding hydrogens is 226 g/mol. The van der Waals surface area contributed by atoms with Gasteiger partial charge in [0.25, 0.3) is 6.43 Å². The fourth-order valence-corrected chi connectivity index (χ4v) is 1.07. The molecule has 0 radical (unpaired) electrons. The van der Waals surface area contributed by atoms with Gasteiger partial charge >= 0.3 is 5.97 Å². The number of aromatic nitrogens is 3. The highest BCUT2D eigenvalue weighted by molar-refractivity contribution is 5.86. The van der Waals surface area contributed by atoms with Crippen LogP contribution in [-0.4, -0.2) is 32.0 Å². The van der Waals surface area contributed by atoms with Crippen LogP contribution in [0.2, 0.25) is 0 Å². The maximum atomic E-state index is 12.5. The molecule has 0 fully saturated rings. The highest BCUT2D eigenvalue weighted by Crippen LogP contribution is 2.21. The number of alkyl halides is 2. The van der Waals surface area contributed by atoms with Gasteiger partial charge in [-0.3, -0.25) is 4.79 Å². The summed E-state index contributed by atoms with van der Waals surface area (Å²) >= 11 is 0. The molecule has 0 saturated heterocycles. The second kappa shape index (κ2) is 4.64. The molecule has 0 atom stereocenters. The van der Waals surface area contributed by atoms with E-state index in [0.717, 1.165) is 0 Å². The number of rotatable bonds is 5. The Morgan fingerprint density at radius 1 is 1.50 bits per heavy atom. The van der Waals surface area contributed by atoms with E-state index in [2.05, 4.69) is 10.3 Å². The van der Waals surface area contributed by atoms with E-state index >= 15 is 0 Å². The van der Waals surface area contributed by atoms with E-state index in [-0.39, 0.29) is 13.0 Å². The van der Waals surface area contributed by atoms with Crippen molar-refractivity contribution >= 4 is 11.9 Å². The van der Waals surface area contributed by atoms with Crippen molar-refractivity contribution in [2.75, 3.05) is 0 Å². The molecule has 1 amide bonds. The Bertz CT molecular complexity index is 418. The van der Waals surface area contributed by atoms with Crippen LogP contribution in [0.4, 0.5) is 8.78 Å². The van der Waals surface area contributed by atoms with Gasteiger partial charge in [-0.05, 0) is 0 Å². The third kappa shape index (κ3) is 2.49. The number of aromatic carboxylic acids is 1. The highest BCUT2D eigenvalue weighted by Gasteiger charge is 2.26. The summed E-state index contributed by atoms with van der Waals surface area (Å²) in [7, 11) is 0. The third-order valence-corrected chi connectivity index (χ3v) is 1.75. The Morgan fingerprint density at radius 3 is 2.56 bits per heavy atom. The molecule has 7 nitrogen and oxygen atoms in total. The number of aryl methyl sites for hydroxylation is 1. The SMILES string of the molecule is NC(=O)CCn1nnc(C(=O)O)c1C(F)F. The van der Waals surface area contributed by atoms with Crippen molar-refractivity contribution in [3.05, 3.63) is 11.4 Å². The fourth-order valence-electron chi connectivity index (χ4n) is 1.07. The molecule has 0 aromatic carbocycles. The summed E-state index contributed by atoms with van der Waals surface area (Å²) in [4.78, 5) is 21.0. The number of nitrogens with zero attached hydrogens (tertiary/aromatic N) is 3. The topological polar surface area (TPSA) is 111 Å². The number of amides is 1. The van der Waals surface area contributed by atoms with Gasteiger partial charge in [-0.1, -0.05) is 5.21 Å². The molecule has 3 N–H and O–H groups in total. The van der Waals surface area contributed by atoms with Crippen molar-refractivity contribution in [2.45, 2.75) is 19.4 Å². The molecule has 1 aromatic heterocycles. The summed E-state index contributed by atoms with van der Waals surface area (Å²) in [5, 5.41) is 14.9. The number of carbonyl (C=O) groups excluding carboxylic acids is 1. The molecule has 1 heterocycles. The number of halogens is 2. The van der Waals surface area contributed by atoms with Crippen LogP contribution >= 0.6 is 0 Å². The van der Waals surface area contributed by atoms with Gasteiger partial charge in [0.15, 0.2) is 5.69 Å². The second-order valence-corrected chi connectivity index (χ2v) is 2.87. The minimum Gasteiger partial charge on any atom is -0.476 e. The van der Waals surface area contributed by atoms with E-state index in [9.17, 15) is 18.4 Å². The van der Waals surface area contributed by atoms with Gasteiger partial charge in [0.05, 0.1) is 6.54 Å². The van der Waals surface area contributed by atoms with Crippen LogP contribution in [0.5, 0.6) is 0 Å². The Balaban J connectivity index is 3.00. The number of primary amides is 1. The lowest BCUT2D eigenvalue weighted by atomic mass is 10.3. The molecule has 0 bridgehead atoms. The normalized spacial score (nSPS) is 10.7. The number of carbonyl (C=O) groups is 2. The number of hydrogen-bond donors (Lipinski definition) is 2.